The Morgan fingerprint density at radius 3 is 2.68 bits per heavy atom. The molecule has 9 nitrogen and oxygen atoms in total. The molecule has 5 aromatic rings. The van der Waals surface area contributed by atoms with Crippen molar-refractivity contribution in [1.82, 2.24) is 34.2 Å². The zero-order chi connectivity index (χ0) is 26.4. The zero-order valence-electron chi connectivity index (χ0n) is 21.6. The van der Waals surface area contributed by atoms with E-state index in [1.54, 1.807) is 27.7 Å². The first-order valence-corrected chi connectivity index (χ1v) is 12.7. The smallest absolute Gasteiger partial charge is 0.185 e. The molecule has 1 aliphatic carbocycles. The number of ketones is 1. The van der Waals surface area contributed by atoms with E-state index in [0.717, 1.165) is 22.6 Å². The van der Waals surface area contributed by atoms with Gasteiger partial charge in [0, 0.05) is 30.6 Å². The standard InChI is InChI=1S/C28H28FN7O2/c1-17-12-36(32-18(17)2)24-8-10-26(38-3)28(29)22(24)7-9-25(37)23-16-35(33-31-23)15-21-14-34-13-20(19-4-5-19)6-11-27(34)30-21/h6,8,10-14,16,19H,4-5,7,9,15H2,1-3H3. The summed E-state index contributed by atoms with van der Waals surface area (Å²) < 4.78 is 25.7. The van der Waals surface area contributed by atoms with Crippen LogP contribution in [0.4, 0.5) is 4.39 Å². The Morgan fingerprint density at radius 2 is 1.95 bits per heavy atom. The number of hydrogen-bond acceptors (Lipinski definition) is 6. The van der Waals surface area contributed by atoms with Crippen LogP contribution in [-0.2, 0) is 13.0 Å². The first-order valence-electron chi connectivity index (χ1n) is 12.7. The van der Waals surface area contributed by atoms with Gasteiger partial charge in [0.25, 0.3) is 0 Å². The summed E-state index contributed by atoms with van der Waals surface area (Å²) in [4.78, 5) is 17.7. The molecule has 0 spiro atoms. The van der Waals surface area contributed by atoms with E-state index in [0.29, 0.717) is 23.7 Å². The van der Waals surface area contributed by atoms with Crippen LogP contribution in [0, 0.1) is 19.7 Å². The van der Waals surface area contributed by atoms with Crippen molar-refractivity contribution in [3.63, 3.8) is 0 Å². The number of aromatic nitrogens is 7. The van der Waals surface area contributed by atoms with E-state index >= 15 is 4.39 Å². The SMILES string of the molecule is COc1ccc(-n2cc(C)c(C)n2)c(CCC(=O)c2cn(Cc3cn4cc(C5CC5)ccc4n3)nn2)c1F. The Morgan fingerprint density at radius 1 is 1.11 bits per heavy atom. The van der Waals surface area contributed by atoms with Crippen molar-refractivity contribution in [3.05, 3.63) is 88.6 Å². The van der Waals surface area contributed by atoms with Crippen molar-refractivity contribution in [3.8, 4) is 11.4 Å². The van der Waals surface area contributed by atoms with Crippen LogP contribution in [0.2, 0.25) is 0 Å². The molecule has 6 rings (SSSR count). The second-order valence-corrected chi connectivity index (χ2v) is 9.88. The van der Waals surface area contributed by atoms with Gasteiger partial charge in [0.1, 0.15) is 11.3 Å². The predicted molar refractivity (Wildman–Crippen MR) is 138 cm³/mol. The molecule has 1 aromatic carbocycles. The van der Waals surface area contributed by atoms with Crippen LogP contribution in [0.25, 0.3) is 11.3 Å². The van der Waals surface area contributed by atoms with Crippen molar-refractivity contribution in [2.24, 2.45) is 0 Å². The number of pyridine rings is 1. The number of carbonyl (C=O) groups excluding carboxylic acids is 1. The number of halogens is 1. The fourth-order valence-corrected chi connectivity index (χ4v) is 4.70. The van der Waals surface area contributed by atoms with Gasteiger partial charge in [0.15, 0.2) is 17.3 Å². The first kappa shape index (κ1) is 24.0. The molecule has 0 radical (unpaired) electrons. The summed E-state index contributed by atoms with van der Waals surface area (Å²) in [5, 5.41) is 12.7. The Hall–Kier alpha value is -4.34. The largest absolute Gasteiger partial charge is 0.494 e. The Labute approximate surface area is 218 Å². The molecule has 0 bridgehead atoms. The molecule has 194 valence electrons. The van der Waals surface area contributed by atoms with E-state index < -0.39 is 5.82 Å². The van der Waals surface area contributed by atoms with E-state index in [1.165, 1.54) is 25.5 Å². The van der Waals surface area contributed by atoms with Gasteiger partial charge in [-0.05, 0) is 68.4 Å². The average molecular weight is 514 g/mol. The van der Waals surface area contributed by atoms with Gasteiger partial charge in [-0.2, -0.15) is 5.10 Å². The highest BCUT2D eigenvalue weighted by Gasteiger charge is 2.24. The highest BCUT2D eigenvalue weighted by atomic mass is 19.1. The average Bonchev–Trinajstić information content (AvgIpc) is 3.37. The molecule has 1 saturated carbocycles. The van der Waals surface area contributed by atoms with Gasteiger partial charge < -0.3 is 9.14 Å². The quantitative estimate of drug-likeness (QED) is 0.267. The van der Waals surface area contributed by atoms with Crippen LogP contribution in [0.3, 0.4) is 0 Å². The lowest BCUT2D eigenvalue weighted by Crippen LogP contribution is -2.08. The van der Waals surface area contributed by atoms with E-state index in [2.05, 4.69) is 32.7 Å². The molecule has 1 fully saturated rings. The number of imidazole rings is 1. The highest BCUT2D eigenvalue weighted by molar-refractivity contribution is 5.94. The number of hydrogen-bond donors (Lipinski definition) is 0. The third-order valence-electron chi connectivity index (χ3n) is 7.12. The third kappa shape index (κ3) is 4.57. The van der Waals surface area contributed by atoms with Crippen molar-refractivity contribution >= 4 is 11.4 Å². The van der Waals surface area contributed by atoms with E-state index in [1.807, 2.05) is 36.7 Å². The molecule has 0 unspecified atom stereocenters. The van der Waals surface area contributed by atoms with E-state index in [4.69, 9.17) is 4.74 Å². The minimum atomic E-state index is -0.496. The Kier molecular flexibility index (Phi) is 6.01. The number of nitrogens with zero attached hydrogens (tertiary/aromatic N) is 7. The summed E-state index contributed by atoms with van der Waals surface area (Å²) in [6.07, 6.45) is 10.3. The fraction of sp³-hybridized carbons (Fsp3) is 0.321. The van der Waals surface area contributed by atoms with Crippen molar-refractivity contribution in [1.29, 1.82) is 0 Å². The van der Waals surface area contributed by atoms with E-state index in [-0.39, 0.29) is 30.1 Å². The van der Waals surface area contributed by atoms with Gasteiger partial charge in [-0.1, -0.05) is 11.3 Å². The van der Waals surface area contributed by atoms with Crippen LogP contribution >= 0.6 is 0 Å². The van der Waals surface area contributed by atoms with Crippen molar-refractivity contribution in [2.75, 3.05) is 7.11 Å². The maximum Gasteiger partial charge on any atom is 0.185 e. The maximum atomic E-state index is 15.3. The summed E-state index contributed by atoms with van der Waals surface area (Å²) in [6, 6.07) is 7.50. The molecule has 0 amide bonds. The monoisotopic (exact) mass is 513 g/mol. The Balaban J connectivity index is 1.17. The molecule has 0 atom stereocenters. The molecule has 4 aromatic heterocycles. The molecule has 4 heterocycles. The lowest BCUT2D eigenvalue weighted by Gasteiger charge is -2.13. The maximum absolute atomic E-state index is 15.3. The molecular formula is C28H28FN7O2. The zero-order valence-corrected chi connectivity index (χ0v) is 21.6. The molecule has 1 aliphatic rings. The number of carbonyl (C=O) groups is 1. The number of Topliss-reactive ketones (excluding diaryl/α,β-unsaturated/α-hetero) is 1. The normalized spacial score (nSPS) is 13.4. The first-order chi connectivity index (χ1) is 18.4. The van der Waals surface area contributed by atoms with Crippen LogP contribution in [0.1, 0.15) is 63.7 Å². The van der Waals surface area contributed by atoms with Crippen molar-refractivity contribution in [2.45, 2.75) is 52.0 Å². The topological polar surface area (TPSA) is 92.1 Å². The molecule has 0 saturated heterocycles. The Bertz CT molecular complexity index is 1640. The van der Waals surface area contributed by atoms with Crippen molar-refractivity contribution < 1.29 is 13.9 Å². The summed E-state index contributed by atoms with van der Waals surface area (Å²) >= 11 is 0. The van der Waals surface area contributed by atoms with Gasteiger partial charge in [-0.3, -0.25) is 4.79 Å². The van der Waals surface area contributed by atoms with Gasteiger partial charge in [-0.25, -0.2) is 18.7 Å². The number of rotatable bonds is 9. The van der Waals surface area contributed by atoms with Gasteiger partial charge >= 0.3 is 0 Å². The number of benzene rings is 1. The van der Waals surface area contributed by atoms with E-state index in [9.17, 15) is 4.79 Å². The number of aryl methyl sites for hydroxylation is 2. The summed E-state index contributed by atoms with van der Waals surface area (Å²) in [6.45, 7) is 4.24. The molecular weight excluding hydrogens is 485 g/mol. The molecule has 38 heavy (non-hydrogen) atoms. The summed E-state index contributed by atoms with van der Waals surface area (Å²) in [5.74, 6) is 0.0770. The minimum Gasteiger partial charge on any atom is -0.494 e. The summed E-state index contributed by atoms with van der Waals surface area (Å²) in [5.41, 5.74) is 6.07. The second kappa shape index (κ2) is 9.51. The van der Waals surface area contributed by atoms with Gasteiger partial charge in [0.2, 0.25) is 0 Å². The molecule has 0 N–H and O–H groups in total. The number of fused-ring (bicyclic) bond motifs is 1. The van der Waals surface area contributed by atoms with Gasteiger partial charge in [-0.15, -0.1) is 5.10 Å². The van der Waals surface area contributed by atoms with Crippen LogP contribution in [0.15, 0.2) is 49.1 Å². The van der Waals surface area contributed by atoms with Crippen LogP contribution in [0.5, 0.6) is 5.75 Å². The lowest BCUT2D eigenvalue weighted by molar-refractivity contribution is 0.0977. The fourth-order valence-electron chi connectivity index (χ4n) is 4.70. The number of methoxy groups -OCH3 is 1. The third-order valence-corrected chi connectivity index (χ3v) is 7.12. The number of ether oxygens (including phenoxy) is 1. The highest BCUT2D eigenvalue weighted by Crippen LogP contribution is 2.39. The second-order valence-electron chi connectivity index (χ2n) is 9.88. The summed E-state index contributed by atoms with van der Waals surface area (Å²) in [7, 11) is 1.42. The van der Waals surface area contributed by atoms with Crippen LogP contribution in [-0.4, -0.2) is 47.1 Å². The molecule has 0 aliphatic heterocycles. The van der Waals surface area contributed by atoms with Crippen LogP contribution < -0.4 is 4.74 Å². The molecule has 10 heteroatoms. The predicted octanol–water partition coefficient (Wildman–Crippen LogP) is 4.62. The lowest BCUT2D eigenvalue weighted by atomic mass is 10.0. The minimum absolute atomic E-state index is 0.0628. The van der Waals surface area contributed by atoms with Gasteiger partial charge in [0.05, 0.1) is 36.9 Å².